The molecule has 2 aromatic rings. The number of benzene rings is 1. The highest BCUT2D eigenvalue weighted by Gasteiger charge is 2.32. The smallest absolute Gasteiger partial charge is 0.0637 e. The minimum Gasteiger partial charge on any atom is -0.398 e. The number of methoxy groups -OCH3 is 1. The summed E-state index contributed by atoms with van der Waals surface area (Å²) >= 11 is 0. The van der Waals surface area contributed by atoms with Crippen molar-refractivity contribution in [2.24, 2.45) is 5.92 Å². The van der Waals surface area contributed by atoms with Gasteiger partial charge in [0.15, 0.2) is 0 Å². The Bertz CT molecular complexity index is 624. The molecule has 1 unspecified atom stereocenters. The molecule has 1 aromatic carbocycles. The second-order valence-electron chi connectivity index (χ2n) is 5.86. The van der Waals surface area contributed by atoms with E-state index in [0.29, 0.717) is 6.04 Å². The molecular formula is C17H23N3O. The highest BCUT2D eigenvalue weighted by Crippen LogP contribution is 2.39. The summed E-state index contributed by atoms with van der Waals surface area (Å²) in [5, 5.41) is 2.20. The van der Waals surface area contributed by atoms with Gasteiger partial charge in [0.2, 0.25) is 0 Å². The molecule has 4 nitrogen and oxygen atoms in total. The zero-order valence-electron chi connectivity index (χ0n) is 12.7. The van der Waals surface area contributed by atoms with Crippen LogP contribution in [0.5, 0.6) is 0 Å². The van der Waals surface area contributed by atoms with Crippen LogP contribution in [0.25, 0.3) is 10.8 Å². The van der Waals surface area contributed by atoms with Gasteiger partial charge in [0.25, 0.3) is 0 Å². The number of aromatic nitrogens is 1. The zero-order valence-corrected chi connectivity index (χ0v) is 12.7. The fourth-order valence-electron chi connectivity index (χ4n) is 3.01. The number of ether oxygens (including phenoxy) is 1. The lowest BCUT2D eigenvalue weighted by Gasteiger charge is -2.32. The molecule has 0 aliphatic heterocycles. The van der Waals surface area contributed by atoms with Crippen molar-refractivity contribution in [3.8, 4) is 0 Å². The molecule has 2 N–H and O–H groups in total. The van der Waals surface area contributed by atoms with Crippen molar-refractivity contribution in [2.75, 3.05) is 30.9 Å². The number of nitrogens with two attached hydrogens (primary N) is 1. The number of nitrogen functional groups attached to an aromatic ring is 1. The first-order valence-corrected chi connectivity index (χ1v) is 7.60. The maximum Gasteiger partial charge on any atom is 0.0637 e. The van der Waals surface area contributed by atoms with Gasteiger partial charge in [0.05, 0.1) is 6.61 Å². The summed E-state index contributed by atoms with van der Waals surface area (Å²) in [6.45, 7) is 3.94. The Morgan fingerprint density at radius 1 is 1.33 bits per heavy atom. The SMILES string of the molecule is COCCN(c1ccc(N)c2cnccc12)C(C)C1CC1. The Labute approximate surface area is 125 Å². The van der Waals surface area contributed by atoms with E-state index in [0.717, 1.165) is 30.1 Å². The molecule has 1 saturated carbocycles. The molecule has 21 heavy (non-hydrogen) atoms. The van der Waals surface area contributed by atoms with Gasteiger partial charge in [-0.3, -0.25) is 4.98 Å². The van der Waals surface area contributed by atoms with Crippen LogP contribution in [0.15, 0.2) is 30.6 Å². The fraction of sp³-hybridized carbons (Fsp3) is 0.471. The van der Waals surface area contributed by atoms with Crippen molar-refractivity contribution in [3.63, 3.8) is 0 Å². The van der Waals surface area contributed by atoms with E-state index in [-0.39, 0.29) is 0 Å². The summed E-state index contributed by atoms with van der Waals surface area (Å²) in [5.74, 6) is 0.802. The third kappa shape index (κ3) is 2.81. The standard InChI is InChI=1S/C17H23N3O/c1-12(13-3-4-13)20(9-10-21-2)17-6-5-16(18)15-11-19-8-7-14(15)17/h5-8,11-13H,3-4,9-10,18H2,1-2H3. The molecule has 1 aromatic heterocycles. The molecule has 1 atom stereocenters. The average Bonchev–Trinajstić information content (AvgIpc) is 3.34. The molecule has 0 spiro atoms. The zero-order chi connectivity index (χ0) is 14.8. The lowest BCUT2D eigenvalue weighted by Crippen LogP contribution is -2.37. The van der Waals surface area contributed by atoms with Crippen LogP contribution >= 0.6 is 0 Å². The van der Waals surface area contributed by atoms with Gasteiger partial charge in [0, 0.05) is 54.2 Å². The normalized spacial score (nSPS) is 16.1. The van der Waals surface area contributed by atoms with Gasteiger partial charge in [-0.2, -0.15) is 0 Å². The predicted octanol–water partition coefficient (Wildman–Crippen LogP) is 3.07. The molecule has 0 amide bonds. The van der Waals surface area contributed by atoms with E-state index >= 15 is 0 Å². The molecular weight excluding hydrogens is 262 g/mol. The molecule has 1 heterocycles. The van der Waals surface area contributed by atoms with Crippen LogP contribution in [-0.4, -0.2) is 31.3 Å². The molecule has 1 aliphatic carbocycles. The van der Waals surface area contributed by atoms with E-state index in [9.17, 15) is 0 Å². The quantitative estimate of drug-likeness (QED) is 0.829. The van der Waals surface area contributed by atoms with Gasteiger partial charge in [-0.05, 0) is 43.9 Å². The number of hydrogen-bond donors (Lipinski definition) is 1. The molecule has 0 bridgehead atoms. The maximum atomic E-state index is 6.09. The Morgan fingerprint density at radius 2 is 2.14 bits per heavy atom. The minimum absolute atomic E-state index is 0.528. The summed E-state index contributed by atoms with van der Waals surface area (Å²) < 4.78 is 5.30. The molecule has 0 saturated heterocycles. The molecule has 112 valence electrons. The van der Waals surface area contributed by atoms with E-state index in [2.05, 4.69) is 28.9 Å². The molecule has 0 radical (unpaired) electrons. The Balaban J connectivity index is 2.03. The summed E-state index contributed by atoms with van der Waals surface area (Å²) in [5.41, 5.74) is 8.11. The van der Waals surface area contributed by atoms with Gasteiger partial charge in [0.1, 0.15) is 0 Å². The fourth-order valence-corrected chi connectivity index (χ4v) is 3.01. The van der Waals surface area contributed by atoms with Gasteiger partial charge in [-0.15, -0.1) is 0 Å². The molecule has 1 aliphatic rings. The number of anilines is 2. The first kappa shape index (κ1) is 14.1. The van der Waals surface area contributed by atoms with Crippen LogP contribution in [-0.2, 0) is 4.74 Å². The van der Waals surface area contributed by atoms with E-state index < -0.39 is 0 Å². The molecule has 1 fully saturated rings. The minimum atomic E-state index is 0.528. The maximum absolute atomic E-state index is 6.09. The molecule has 4 heteroatoms. The number of hydrogen-bond acceptors (Lipinski definition) is 4. The Hall–Kier alpha value is -1.81. The third-order valence-electron chi connectivity index (χ3n) is 4.47. The summed E-state index contributed by atoms with van der Waals surface area (Å²) in [6.07, 6.45) is 6.35. The van der Waals surface area contributed by atoms with Crippen molar-refractivity contribution in [2.45, 2.75) is 25.8 Å². The van der Waals surface area contributed by atoms with Gasteiger partial charge in [-0.25, -0.2) is 0 Å². The van der Waals surface area contributed by atoms with Gasteiger partial charge >= 0.3 is 0 Å². The first-order valence-electron chi connectivity index (χ1n) is 7.60. The number of nitrogens with zero attached hydrogens (tertiary/aromatic N) is 2. The van der Waals surface area contributed by atoms with Crippen molar-refractivity contribution in [3.05, 3.63) is 30.6 Å². The van der Waals surface area contributed by atoms with Crippen LogP contribution in [0.3, 0.4) is 0 Å². The number of pyridine rings is 1. The van der Waals surface area contributed by atoms with Crippen LogP contribution in [0.1, 0.15) is 19.8 Å². The van der Waals surface area contributed by atoms with E-state index in [1.807, 2.05) is 18.5 Å². The second-order valence-corrected chi connectivity index (χ2v) is 5.86. The Morgan fingerprint density at radius 3 is 2.86 bits per heavy atom. The summed E-state index contributed by atoms with van der Waals surface area (Å²) in [4.78, 5) is 6.67. The second kappa shape index (κ2) is 5.90. The summed E-state index contributed by atoms with van der Waals surface area (Å²) in [6, 6.07) is 6.70. The number of fused-ring (bicyclic) bond motifs is 1. The highest BCUT2D eigenvalue weighted by atomic mass is 16.5. The highest BCUT2D eigenvalue weighted by molar-refractivity contribution is 6.00. The topological polar surface area (TPSA) is 51.4 Å². The summed E-state index contributed by atoms with van der Waals surface area (Å²) in [7, 11) is 1.75. The Kier molecular flexibility index (Phi) is 3.97. The largest absolute Gasteiger partial charge is 0.398 e. The number of rotatable bonds is 6. The van der Waals surface area contributed by atoms with Crippen molar-refractivity contribution < 1.29 is 4.74 Å². The van der Waals surface area contributed by atoms with E-state index in [1.165, 1.54) is 23.9 Å². The van der Waals surface area contributed by atoms with Crippen LogP contribution in [0.2, 0.25) is 0 Å². The van der Waals surface area contributed by atoms with E-state index in [4.69, 9.17) is 10.5 Å². The lowest BCUT2D eigenvalue weighted by molar-refractivity contribution is 0.203. The predicted molar refractivity (Wildman–Crippen MR) is 87.6 cm³/mol. The van der Waals surface area contributed by atoms with Gasteiger partial charge < -0.3 is 15.4 Å². The van der Waals surface area contributed by atoms with Crippen molar-refractivity contribution in [1.29, 1.82) is 0 Å². The van der Waals surface area contributed by atoms with Crippen molar-refractivity contribution in [1.82, 2.24) is 4.98 Å². The third-order valence-corrected chi connectivity index (χ3v) is 4.47. The van der Waals surface area contributed by atoms with Crippen LogP contribution < -0.4 is 10.6 Å². The van der Waals surface area contributed by atoms with Crippen LogP contribution in [0, 0.1) is 5.92 Å². The van der Waals surface area contributed by atoms with Gasteiger partial charge in [-0.1, -0.05) is 0 Å². The lowest BCUT2D eigenvalue weighted by atomic mass is 10.1. The van der Waals surface area contributed by atoms with Crippen molar-refractivity contribution >= 4 is 22.1 Å². The van der Waals surface area contributed by atoms with Crippen LogP contribution in [0.4, 0.5) is 11.4 Å². The monoisotopic (exact) mass is 285 g/mol. The average molecular weight is 285 g/mol. The molecule has 3 rings (SSSR count). The first-order chi connectivity index (χ1) is 10.2. The van der Waals surface area contributed by atoms with E-state index in [1.54, 1.807) is 7.11 Å².